The quantitative estimate of drug-likeness (QED) is 0.392. The fourth-order valence-corrected chi connectivity index (χ4v) is 4.22. The number of ether oxygens (including phenoxy) is 1. The van der Waals surface area contributed by atoms with Crippen LogP contribution in [0.15, 0.2) is 63.5 Å². The second kappa shape index (κ2) is 8.94. The lowest BCUT2D eigenvalue weighted by Gasteiger charge is -2.16. The number of halogens is 2. The van der Waals surface area contributed by atoms with Crippen LogP contribution in [0.5, 0.6) is 5.75 Å². The van der Waals surface area contributed by atoms with Gasteiger partial charge < -0.3 is 10.1 Å². The topological polar surface area (TPSA) is 21.3 Å². The molecule has 0 aliphatic rings. The van der Waals surface area contributed by atoms with Crippen LogP contribution in [0.1, 0.15) is 27.8 Å². The maximum absolute atomic E-state index is 6.17. The SMILES string of the molecule is Cc1ccc(COc2c(Br)cc(Br)cc2CNc2ccc(C)c(C)c2)cc1. The van der Waals surface area contributed by atoms with Crippen LogP contribution >= 0.6 is 31.9 Å². The van der Waals surface area contributed by atoms with Crippen LogP contribution in [0.3, 0.4) is 0 Å². The first-order chi connectivity index (χ1) is 12.9. The second-order valence-corrected chi connectivity index (χ2v) is 8.57. The molecule has 3 aromatic carbocycles. The molecule has 140 valence electrons. The zero-order valence-electron chi connectivity index (χ0n) is 15.8. The van der Waals surface area contributed by atoms with Gasteiger partial charge in [-0.2, -0.15) is 0 Å². The average molecular weight is 489 g/mol. The molecule has 27 heavy (non-hydrogen) atoms. The van der Waals surface area contributed by atoms with E-state index in [0.717, 1.165) is 31.5 Å². The van der Waals surface area contributed by atoms with Gasteiger partial charge >= 0.3 is 0 Å². The third kappa shape index (κ3) is 5.36. The lowest BCUT2D eigenvalue weighted by atomic mass is 10.1. The van der Waals surface area contributed by atoms with E-state index >= 15 is 0 Å². The number of hydrogen-bond donors (Lipinski definition) is 1. The van der Waals surface area contributed by atoms with E-state index in [2.05, 4.69) is 106 Å². The molecule has 0 aliphatic heterocycles. The Hall–Kier alpha value is -1.78. The zero-order chi connectivity index (χ0) is 19.4. The van der Waals surface area contributed by atoms with Crippen molar-refractivity contribution in [2.45, 2.75) is 33.9 Å². The van der Waals surface area contributed by atoms with E-state index in [1.165, 1.54) is 16.7 Å². The van der Waals surface area contributed by atoms with Gasteiger partial charge in [0.1, 0.15) is 12.4 Å². The molecule has 3 rings (SSSR count). The van der Waals surface area contributed by atoms with Gasteiger partial charge in [0.15, 0.2) is 0 Å². The highest BCUT2D eigenvalue weighted by molar-refractivity contribution is 9.11. The van der Waals surface area contributed by atoms with Crippen molar-refractivity contribution >= 4 is 37.5 Å². The molecule has 0 saturated heterocycles. The number of benzene rings is 3. The molecule has 0 amide bonds. The van der Waals surface area contributed by atoms with Crippen molar-refractivity contribution in [2.24, 2.45) is 0 Å². The predicted octanol–water partition coefficient (Wildman–Crippen LogP) is 7.33. The second-order valence-electron chi connectivity index (χ2n) is 6.80. The van der Waals surface area contributed by atoms with Crippen molar-refractivity contribution in [3.05, 3.63) is 91.4 Å². The van der Waals surface area contributed by atoms with Gasteiger partial charge in [-0.15, -0.1) is 0 Å². The fourth-order valence-electron chi connectivity index (χ4n) is 2.80. The van der Waals surface area contributed by atoms with Crippen molar-refractivity contribution < 1.29 is 4.74 Å². The summed E-state index contributed by atoms with van der Waals surface area (Å²) in [6.45, 7) is 7.57. The molecule has 3 aromatic rings. The Morgan fingerprint density at radius 2 is 1.59 bits per heavy atom. The molecule has 0 aromatic heterocycles. The van der Waals surface area contributed by atoms with Crippen molar-refractivity contribution in [1.29, 1.82) is 0 Å². The molecule has 0 saturated carbocycles. The molecule has 0 atom stereocenters. The van der Waals surface area contributed by atoms with E-state index in [1.807, 2.05) is 6.07 Å². The molecule has 0 aliphatic carbocycles. The smallest absolute Gasteiger partial charge is 0.139 e. The van der Waals surface area contributed by atoms with Crippen molar-refractivity contribution in [1.82, 2.24) is 0 Å². The minimum Gasteiger partial charge on any atom is -0.487 e. The predicted molar refractivity (Wildman–Crippen MR) is 121 cm³/mol. The summed E-state index contributed by atoms with van der Waals surface area (Å²) in [6.07, 6.45) is 0. The summed E-state index contributed by atoms with van der Waals surface area (Å²) in [5, 5.41) is 3.51. The highest BCUT2D eigenvalue weighted by Gasteiger charge is 2.11. The first kappa shape index (κ1) is 20.0. The zero-order valence-corrected chi connectivity index (χ0v) is 18.9. The van der Waals surface area contributed by atoms with Crippen LogP contribution in [-0.4, -0.2) is 0 Å². The number of anilines is 1. The highest BCUT2D eigenvalue weighted by Crippen LogP contribution is 2.34. The minimum atomic E-state index is 0.539. The summed E-state index contributed by atoms with van der Waals surface area (Å²) in [5.74, 6) is 0.870. The van der Waals surface area contributed by atoms with Gasteiger partial charge in [-0.3, -0.25) is 0 Å². The Morgan fingerprint density at radius 1 is 0.852 bits per heavy atom. The van der Waals surface area contributed by atoms with Crippen LogP contribution in [0, 0.1) is 20.8 Å². The van der Waals surface area contributed by atoms with E-state index in [4.69, 9.17) is 4.74 Å². The van der Waals surface area contributed by atoms with Crippen LogP contribution < -0.4 is 10.1 Å². The minimum absolute atomic E-state index is 0.539. The molecular formula is C23H23Br2NO. The van der Waals surface area contributed by atoms with Gasteiger partial charge in [0.25, 0.3) is 0 Å². The average Bonchev–Trinajstić information content (AvgIpc) is 2.63. The molecule has 1 N–H and O–H groups in total. The molecule has 0 radical (unpaired) electrons. The number of hydrogen-bond acceptors (Lipinski definition) is 2. The number of rotatable bonds is 6. The molecule has 0 unspecified atom stereocenters. The molecular weight excluding hydrogens is 466 g/mol. The van der Waals surface area contributed by atoms with Crippen LogP contribution in [0.25, 0.3) is 0 Å². The Labute approximate surface area is 178 Å². The van der Waals surface area contributed by atoms with E-state index in [0.29, 0.717) is 13.2 Å². The van der Waals surface area contributed by atoms with Crippen molar-refractivity contribution in [3.8, 4) is 5.75 Å². The Kier molecular flexibility index (Phi) is 6.61. The van der Waals surface area contributed by atoms with E-state index < -0.39 is 0 Å². The van der Waals surface area contributed by atoms with Gasteiger partial charge in [0.2, 0.25) is 0 Å². The van der Waals surface area contributed by atoms with Crippen LogP contribution in [-0.2, 0) is 13.2 Å². The maximum atomic E-state index is 6.17. The molecule has 0 spiro atoms. The lowest BCUT2D eigenvalue weighted by Crippen LogP contribution is -2.05. The molecule has 0 heterocycles. The number of aryl methyl sites for hydroxylation is 3. The lowest BCUT2D eigenvalue weighted by molar-refractivity contribution is 0.301. The van der Waals surface area contributed by atoms with Crippen molar-refractivity contribution in [2.75, 3.05) is 5.32 Å². The van der Waals surface area contributed by atoms with Gasteiger partial charge in [0.05, 0.1) is 4.47 Å². The van der Waals surface area contributed by atoms with E-state index in [9.17, 15) is 0 Å². The van der Waals surface area contributed by atoms with Gasteiger partial charge in [0, 0.05) is 22.3 Å². The largest absolute Gasteiger partial charge is 0.487 e. The Bertz CT molecular complexity index is 936. The number of nitrogens with one attached hydrogen (secondary N) is 1. The highest BCUT2D eigenvalue weighted by atomic mass is 79.9. The Morgan fingerprint density at radius 3 is 2.30 bits per heavy atom. The van der Waals surface area contributed by atoms with E-state index in [-0.39, 0.29) is 0 Å². The van der Waals surface area contributed by atoms with Crippen LogP contribution in [0.4, 0.5) is 5.69 Å². The van der Waals surface area contributed by atoms with Gasteiger partial charge in [-0.1, -0.05) is 51.8 Å². The summed E-state index contributed by atoms with van der Waals surface area (Å²) in [6, 6.07) is 19.0. The maximum Gasteiger partial charge on any atom is 0.139 e. The summed E-state index contributed by atoms with van der Waals surface area (Å²) in [4.78, 5) is 0. The normalized spacial score (nSPS) is 10.7. The summed E-state index contributed by atoms with van der Waals surface area (Å²) >= 11 is 7.23. The molecule has 0 bridgehead atoms. The summed E-state index contributed by atoms with van der Waals surface area (Å²) < 4.78 is 8.14. The standard InChI is InChI=1S/C23H23Br2NO/c1-15-4-7-18(8-5-15)14-27-23-19(11-20(24)12-22(23)25)13-26-21-9-6-16(2)17(3)10-21/h4-12,26H,13-14H2,1-3H3. The van der Waals surface area contributed by atoms with E-state index in [1.54, 1.807) is 0 Å². The third-order valence-electron chi connectivity index (χ3n) is 4.58. The first-order valence-corrected chi connectivity index (χ1v) is 10.5. The Balaban J connectivity index is 1.77. The first-order valence-electron chi connectivity index (χ1n) is 8.90. The monoisotopic (exact) mass is 487 g/mol. The van der Waals surface area contributed by atoms with Crippen LogP contribution in [0.2, 0.25) is 0 Å². The molecule has 4 heteroatoms. The third-order valence-corrected chi connectivity index (χ3v) is 5.63. The summed E-state index contributed by atoms with van der Waals surface area (Å²) in [7, 11) is 0. The summed E-state index contributed by atoms with van der Waals surface area (Å²) in [5.41, 5.74) is 7.20. The molecule has 0 fully saturated rings. The van der Waals surface area contributed by atoms with Crippen molar-refractivity contribution in [3.63, 3.8) is 0 Å². The molecule has 2 nitrogen and oxygen atoms in total. The fraction of sp³-hybridized carbons (Fsp3) is 0.217. The van der Waals surface area contributed by atoms with Gasteiger partial charge in [-0.05, 0) is 77.7 Å². The van der Waals surface area contributed by atoms with Gasteiger partial charge in [-0.25, -0.2) is 0 Å².